The van der Waals surface area contributed by atoms with Gasteiger partial charge in [0.1, 0.15) is 37.6 Å². The number of para-hydroxylation sites is 1. The first-order chi connectivity index (χ1) is 20.7. The number of ether oxygens (including phenoxy) is 5. The van der Waals surface area contributed by atoms with Gasteiger partial charge in [0.25, 0.3) is 5.56 Å². The van der Waals surface area contributed by atoms with Crippen molar-refractivity contribution >= 4 is 23.0 Å². The van der Waals surface area contributed by atoms with Crippen molar-refractivity contribution in [2.45, 2.75) is 62.8 Å². The monoisotopic (exact) mass is 598 g/mol. The second-order valence-corrected chi connectivity index (χ2v) is 10.5. The number of hydrogen-bond acceptors (Lipinski definition) is 13. The predicted molar refractivity (Wildman–Crippen MR) is 144 cm³/mol. The molecule has 6 rings (SSSR count). The molecule has 1 fully saturated rings. The van der Waals surface area contributed by atoms with Crippen LogP contribution in [0.2, 0.25) is 0 Å². The van der Waals surface area contributed by atoms with Gasteiger partial charge in [-0.25, -0.2) is 14.6 Å². The third kappa shape index (κ3) is 4.85. The summed E-state index contributed by atoms with van der Waals surface area (Å²) in [5.41, 5.74) is 0.694. The number of cyclic esters (lactones) is 1. The molecule has 3 aromatic rings. The Morgan fingerprint density at radius 1 is 1.12 bits per heavy atom. The predicted octanol–water partition coefficient (Wildman–Crippen LogP) is 0.0570. The molecule has 3 aliphatic heterocycles. The lowest BCUT2D eigenvalue weighted by Crippen LogP contribution is -2.59. The Hall–Kier alpha value is -3.92. The highest BCUT2D eigenvalue weighted by Gasteiger charge is 2.51. The van der Waals surface area contributed by atoms with E-state index in [4.69, 9.17) is 28.7 Å². The fourth-order valence-corrected chi connectivity index (χ4v) is 5.75. The van der Waals surface area contributed by atoms with Gasteiger partial charge >= 0.3 is 12.1 Å². The number of pyridine rings is 2. The van der Waals surface area contributed by atoms with Crippen molar-refractivity contribution in [2.24, 2.45) is 0 Å². The Balaban J connectivity index is 1.21. The van der Waals surface area contributed by atoms with Crippen molar-refractivity contribution in [3.05, 3.63) is 63.4 Å². The molecule has 0 bridgehead atoms. The van der Waals surface area contributed by atoms with Crippen molar-refractivity contribution in [1.29, 1.82) is 0 Å². The summed E-state index contributed by atoms with van der Waals surface area (Å²) in [5.74, 6) is -0.856. The van der Waals surface area contributed by atoms with Crippen molar-refractivity contribution < 1.29 is 53.7 Å². The van der Waals surface area contributed by atoms with Gasteiger partial charge in [-0.05, 0) is 24.6 Å². The number of hydrogen-bond donors (Lipinski definition) is 4. The zero-order chi connectivity index (χ0) is 30.5. The van der Waals surface area contributed by atoms with Gasteiger partial charge in [-0.2, -0.15) is 0 Å². The van der Waals surface area contributed by atoms with Gasteiger partial charge < -0.3 is 48.7 Å². The molecule has 2 aromatic heterocycles. The standard InChI is InChI=1S/C29H30N2O12/c1-2-29(43-28(38)40-8-7-39-26-24(35)23(34)22(33)20(12-32)42-26)17-10-19-21-15(9-14-5-3-4-6-18(14)30-21)11-31(19)25(36)16(17)13-41-27(29)37/h3-6,9-10,20,22-24,26,32-35H,2,7-8,11-13H2,1H3. The van der Waals surface area contributed by atoms with Crippen LogP contribution in [0.5, 0.6) is 0 Å². The SMILES string of the molecule is CCC1(OC(=O)OCCOC2OC(CO)C(O)C(O)C2O)C(=O)OCc2c1cc1n(c2=O)Cc2cc3ccccc3nc2-1. The fraction of sp³-hybridized carbons (Fsp3) is 0.448. The third-order valence-electron chi connectivity index (χ3n) is 8.08. The molecule has 0 aliphatic carbocycles. The minimum absolute atomic E-state index is 0.0593. The molecule has 0 radical (unpaired) electrons. The molecule has 1 aromatic carbocycles. The molecule has 1 saturated heterocycles. The maximum Gasteiger partial charge on any atom is 0.509 e. The van der Waals surface area contributed by atoms with Gasteiger partial charge in [-0.1, -0.05) is 25.1 Å². The zero-order valence-corrected chi connectivity index (χ0v) is 23.0. The van der Waals surface area contributed by atoms with E-state index in [-0.39, 0.29) is 36.3 Å². The van der Waals surface area contributed by atoms with Crippen LogP contribution >= 0.6 is 0 Å². The second-order valence-electron chi connectivity index (χ2n) is 10.5. The Morgan fingerprint density at radius 2 is 1.91 bits per heavy atom. The highest BCUT2D eigenvalue weighted by atomic mass is 16.8. The molecule has 0 saturated carbocycles. The molecule has 0 amide bonds. The first kappa shape index (κ1) is 29.2. The summed E-state index contributed by atoms with van der Waals surface area (Å²) < 4.78 is 28.1. The first-order valence-electron chi connectivity index (χ1n) is 13.8. The zero-order valence-electron chi connectivity index (χ0n) is 23.0. The highest BCUT2D eigenvalue weighted by Crippen LogP contribution is 2.41. The normalized spacial score (nSPS) is 27.7. The van der Waals surface area contributed by atoms with Gasteiger partial charge in [0.2, 0.25) is 5.60 Å². The summed E-state index contributed by atoms with van der Waals surface area (Å²) in [5, 5.41) is 40.1. The fourth-order valence-electron chi connectivity index (χ4n) is 5.75. The van der Waals surface area contributed by atoms with E-state index >= 15 is 0 Å². The average Bonchev–Trinajstić information content (AvgIpc) is 3.37. The molecular weight excluding hydrogens is 568 g/mol. The quantitative estimate of drug-likeness (QED) is 0.165. The number of aromatic nitrogens is 2. The number of fused-ring (bicyclic) bond motifs is 5. The maximum atomic E-state index is 13.6. The number of aliphatic hydroxyl groups excluding tert-OH is 4. The lowest BCUT2D eigenvalue weighted by molar-refractivity contribution is -0.302. The van der Waals surface area contributed by atoms with Crippen LogP contribution in [-0.2, 0) is 47.2 Å². The lowest BCUT2D eigenvalue weighted by atomic mass is 9.85. The number of carbonyl (C=O) groups excluding carboxylic acids is 2. The smallest absolute Gasteiger partial charge is 0.457 e. The Labute approximate surface area is 244 Å². The summed E-state index contributed by atoms with van der Waals surface area (Å²) in [6, 6.07) is 11.2. The van der Waals surface area contributed by atoms with Crippen molar-refractivity contribution in [3.63, 3.8) is 0 Å². The minimum atomic E-state index is -1.96. The van der Waals surface area contributed by atoms with Gasteiger partial charge in [0.05, 0.1) is 42.2 Å². The minimum Gasteiger partial charge on any atom is -0.457 e. The number of aliphatic hydroxyl groups is 4. The van der Waals surface area contributed by atoms with E-state index in [0.29, 0.717) is 17.9 Å². The van der Waals surface area contributed by atoms with Gasteiger partial charge in [-0.3, -0.25) is 4.79 Å². The average molecular weight is 599 g/mol. The summed E-state index contributed by atoms with van der Waals surface area (Å²) in [4.78, 5) is 44.3. The summed E-state index contributed by atoms with van der Waals surface area (Å²) in [6.45, 7) is 0.243. The van der Waals surface area contributed by atoms with E-state index in [1.165, 1.54) is 0 Å². The Bertz CT molecular complexity index is 1640. The molecule has 0 spiro atoms. The van der Waals surface area contributed by atoms with Gasteiger partial charge in [0, 0.05) is 16.5 Å². The van der Waals surface area contributed by atoms with Crippen molar-refractivity contribution in [3.8, 4) is 11.4 Å². The largest absolute Gasteiger partial charge is 0.509 e. The van der Waals surface area contributed by atoms with Gasteiger partial charge in [-0.15, -0.1) is 0 Å². The van der Waals surface area contributed by atoms with E-state index in [2.05, 4.69) is 0 Å². The van der Waals surface area contributed by atoms with Crippen LogP contribution in [0, 0.1) is 0 Å². The van der Waals surface area contributed by atoms with Gasteiger partial charge in [0.15, 0.2) is 6.29 Å². The van der Waals surface area contributed by atoms with E-state index in [0.717, 1.165) is 16.5 Å². The molecule has 14 heteroatoms. The highest BCUT2D eigenvalue weighted by molar-refractivity contribution is 5.87. The van der Waals surface area contributed by atoms with Crippen LogP contribution in [-0.4, -0.2) is 92.6 Å². The number of esters is 1. The molecule has 4 N–H and O–H groups in total. The summed E-state index contributed by atoms with van der Waals surface area (Å²) in [6.07, 6.45) is -8.68. The molecule has 14 nitrogen and oxygen atoms in total. The molecule has 6 atom stereocenters. The Morgan fingerprint density at radius 3 is 2.67 bits per heavy atom. The molecule has 5 heterocycles. The first-order valence-corrected chi connectivity index (χ1v) is 13.8. The van der Waals surface area contributed by atoms with E-state index in [1.54, 1.807) is 17.6 Å². The number of rotatable bonds is 7. The third-order valence-corrected chi connectivity index (χ3v) is 8.08. The topological polar surface area (TPSA) is 196 Å². The van der Waals surface area contributed by atoms with Crippen LogP contribution in [0.4, 0.5) is 4.79 Å². The summed E-state index contributed by atoms with van der Waals surface area (Å²) in [7, 11) is 0. The van der Waals surface area contributed by atoms with E-state index in [1.807, 2.05) is 30.3 Å². The van der Waals surface area contributed by atoms with Crippen LogP contribution in [0.1, 0.15) is 30.0 Å². The molecule has 3 aliphatic rings. The van der Waals surface area contributed by atoms with Crippen LogP contribution < -0.4 is 5.56 Å². The van der Waals surface area contributed by atoms with Crippen molar-refractivity contribution in [2.75, 3.05) is 19.8 Å². The molecule has 43 heavy (non-hydrogen) atoms. The number of benzene rings is 1. The molecule has 6 unspecified atom stereocenters. The van der Waals surface area contributed by atoms with Crippen LogP contribution in [0.15, 0.2) is 41.2 Å². The van der Waals surface area contributed by atoms with Crippen LogP contribution in [0.3, 0.4) is 0 Å². The molecule has 228 valence electrons. The molecular formula is C29H30N2O12. The lowest BCUT2D eigenvalue weighted by Gasteiger charge is -2.39. The second kappa shape index (κ2) is 11.3. The Kier molecular flexibility index (Phi) is 7.66. The van der Waals surface area contributed by atoms with Crippen LogP contribution in [0.25, 0.3) is 22.3 Å². The maximum absolute atomic E-state index is 13.6. The summed E-state index contributed by atoms with van der Waals surface area (Å²) >= 11 is 0. The van der Waals surface area contributed by atoms with E-state index < -0.39 is 61.6 Å². The number of nitrogens with zero attached hydrogens (tertiary/aromatic N) is 2. The van der Waals surface area contributed by atoms with Crippen molar-refractivity contribution in [1.82, 2.24) is 9.55 Å². The van der Waals surface area contributed by atoms with E-state index in [9.17, 15) is 34.8 Å². The number of carbonyl (C=O) groups is 2.